The van der Waals surface area contributed by atoms with Crippen molar-refractivity contribution in [1.82, 2.24) is 9.27 Å². The maximum absolute atomic E-state index is 12.0. The van der Waals surface area contributed by atoms with Crippen LogP contribution in [-0.4, -0.2) is 39.2 Å². The van der Waals surface area contributed by atoms with Crippen molar-refractivity contribution in [3.8, 4) is 0 Å². The first-order valence-electron chi connectivity index (χ1n) is 7.35. The molecule has 1 saturated heterocycles. The van der Waals surface area contributed by atoms with E-state index in [-0.39, 0.29) is 12.0 Å². The maximum atomic E-state index is 12.0. The topological polar surface area (TPSA) is 62.7 Å². The van der Waals surface area contributed by atoms with Crippen molar-refractivity contribution in [3.63, 3.8) is 0 Å². The number of rotatable bonds is 2. The summed E-state index contributed by atoms with van der Waals surface area (Å²) in [6, 6.07) is 1.94. The Morgan fingerprint density at radius 1 is 1.48 bits per heavy atom. The van der Waals surface area contributed by atoms with Crippen molar-refractivity contribution < 1.29 is 14.6 Å². The Kier molecular flexibility index (Phi) is 4.88. The zero-order valence-electron chi connectivity index (χ0n) is 13.1. The standard InChI is InChI=1S/C15H24N2O3S/c1-10-9-12(21-16-10)13(18)11-5-7-17(8-6-11)14(19)20-15(2,3)4/h9,11,13,18H,5-8H2,1-4H3. The summed E-state index contributed by atoms with van der Waals surface area (Å²) in [4.78, 5) is 14.6. The molecule has 2 heterocycles. The van der Waals surface area contributed by atoms with E-state index in [9.17, 15) is 9.90 Å². The van der Waals surface area contributed by atoms with Gasteiger partial charge in [-0.15, -0.1) is 0 Å². The van der Waals surface area contributed by atoms with Crippen LogP contribution in [0.15, 0.2) is 6.07 Å². The minimum atomic E-state index is -0.475. The highest BCUT2D eigenvalue weighted by molar-refractivity contribution is 7.05. The van der Waals surface area contributed by atoms with Gasteiger partial charge in [-0.3, -0.25) is 0 Å². The zero-order chi connectivity index (χ0) is 15.6. The van der Waals surface area contributed by atoms with Crippen LogP contribution in [0.2, 0.25) is 0 Å². The Morgan fingerprint density at radius 3 is 2.57 bits per heavy atom. The predicted octanol–water partition coefficient (Wildman–Crippen LogP) is 3.13. The molecule has 5 nitrogen and oxygen atoms in total. The molecule has 6 heteroatoms. The van der Waals surface area contributed by atoms with Crippen molar-refractivity contribution in [3.05, 3.63) is 16.6 Å². The van der Waals surface area contributed by atoms with E-state index in [2.05, 4.69) is 4.37 Å². The van der Waals surface area contributed by atoms with Crippen LogP contribution in [0.1, 0.15) is 50.3 Å². The highest BCUT2D eigenvalue weighted by Gasteiger charge is 2.31. The van der Waals surface area contributed by atoms with Crippen LogP contribution in [0.4, 0.5) is 4.79 Å². The molecule has 0 bridgehead atoms. The average Bonchev–Trinajstić information content (AvgIpc) is 2.83. The molecule has 1 aromatic rings. The van der Waals surface area contributed by atoms with Gasteiger partial charge >= 0.3 is 6.09 Å². The number of carbonyl (C=O) groups is 1. The largest absolute Gasteiger partial charge is 0.444 e. The van der Waals surface area contributed by atoms with Crippen LogP contribution in [-0.2, 0) is 4.74 Å². The summed E-state index contributed by atoms with van der Waals surface area (Å²) in [5, 5.41) is 10.4. The number of aryl methyl sites for hydroxylation is 1. The molecule has 118 valence electrons. The van der Waals surface area contributed by atoms with Crippen molar-refractivity contribution in [2.75, 3.05) is 13.1 Å². The Morgan fingerprint density at radius 2 is 2.10 bits per heavy atom. The van der Waals surface area contributed by atoms with Crippen LogP contribution in [0.3, 0.4) is 0 Å². The van der Waals surface area contributed by atoms with Gasteiger partial charge in [0.15, 0.2) is 0 Å². The number of carbonyl (C=O) groups excluding carboxylic acids is 1. The fraction of sp³-hybridized carbons (Fsp3) is 0.733. The van der Waals surface area contributed by atoms with Gasteiger partial charge in [0.25, 0.3) is 0 Å². The van der Waals surface area contributed by atoms with Crippen LogP contribution in [0.25, 0.3) is 0 Å². The minimum absolute atomic E-state index is 0.184. The van der Waals surface area contributed by atoms with E-state index in [4.69, 9.17) is 4.74 Å². The summed E-state index contributed by atoms with van der Waals surface area (Å²) in [5.74, 6) is 0.184. The van der Waals surface area contributed by atoms with Crippen molar-refractivity contribution in [2.45, 2.75) is 52.2 Å². The van der Waals surface area contributed by atoms with Gasteiger partial charge in [-0.05, 0) is 64.1 Å². The van der Waals surface area contributed by atoms with Gasteiger partial charge in [-0.25, -0.2) is 4.79 Å². The molecule has 0 aliphatic carbocycles. The van der Waals surface area contributed by atoms with Gasteiger partial charge in [0.2, 0.25) is 0 Å². The van der Waals surface area contributed by atoms with E-state index in [1.807, 2.05) is 33.8 Å². The van der Waals surface area contributed by atoms with E-state index < -0.39 is 11.7 Å². The number of likely N-dealkylation sites (tertiary alicyclic amines) is 1. The Labute approximate surface area is 130 Å². The van der Waals surface area contributed by atoms with E-state index in [1.165, 1.54) is 11.5 Å². The Bertz CT molecular complexity index is 487. The van der Waals surface area contributed by atoms with Gasteiger partial charge in [0, 0.05) is 13.1 Å². The predicted molar refractivity (Wildman–Crippen MR) is 82.3 cm³/mol. The fourth-order valence-corrected chi connectivity index (χ4v) is 3.31. The van der Waals surface area contributed by atoms with Crippen LogP contribution < -0.4 is 0 Å². The molecule has 1 amide bonds. The fourth-order valence-electron chi connectivity index (χ4n) is 2.48. The van der Waals surface area contributed by atoms with Gasteiger partial charge < -0.3 is 14.7 Å². The smallest absolute Gasteiger partial charge is 0.410 e. The van der Waals surface area contributed by atoms with Gasteiger partial charge in [-0.1, -0.05) is 0 Å². The second kappa shape index (κ2) is 6.32. The van der Waals surface area contributed by atoms with E-state index >= 15 is 0 Å². The molecule has 2 rings (SSSR count). The molecule has 1 aliphatic rings. The quantitative estimate of drug-likeness (QED) is 0.911. The third-order valence-electron chi connectivity index (χ3n) is 3.58. The molecule has 1 fully saturated rings. The summed E-state index contributed by atoms with van der Waals surface area (Å²) >= 11 is 1.36. The number of aromatic nitrogens is 1. The summed E-state index contributed by atoms with van der Waals surface area (Å²) in [7, 11) is 0. The first-order valence-corrected chi connectivity index (χ1v) is 8.13. The molecule has 0 saturated carbocycles. The highest BCUT2D eigenvalue weighted by atomic mass is 32.1. The number of aliphatic hydroxyl groups excluding tert-OH is 1. The number of piperidine rings is 1. The van der Waals surface area contributed by atoms with Crippen molar-refractivity contribution in [1.29, 1.82) is 0 Å². The molecule has 0 radical (unpaired) electrons. The number of ether oxygens (including phenoxy) is 1. The normalized spacial score (nSPS) is 18.6. The van der Waals surface area contributed by atoms with Gasteiger partial charge in [-0.2, -0.15) is 4.37 Å². The summed E-state index contributed by atoms with van der Waals surface area (Å²) < 4.78 is 9.59. The number of amides is 1. The SMILES string of the molecule is Cc1cc(C(O)C2CCN(C(=O)OC(C)(C)C)CC2)sn1. The summed E-state index contributed by atoms with van der Waals surface area (Å²) in [6.07, 6.45) is 0.843. The molecule has 1 aromatic heterocycles. The van der Waals surface area contributed by atoms with Crippen LogP contribution in [0, 0.1) is 12.8 Å². The van der Waals surface area contributed by atoms with E-state index in [1.54, 1.807) is 4.90 Å². The molecule has 0 spiro atoms. The third kappa shape index (κ3) is 4.41. The van der Waals surface area contributed by atoms with E-state index in [0.717, 1.165) is 23.4 Å². The van der Waals surface area contributed by atoms with Crippen molar-refractivity contribution >= 4 is 17.6 Å². The molecule has 21 heavy (non-hydrogen) atoms. The number of hydrogen-bond acceptors (Lipinski definition) is 5. The first kappa shape index (κ1) is 16.2. The number of aliphatic hydroxyl groups is 1. The number of hydrogen-bond donors (Lipinski definition) is 1. The highest BCUT2D eigenvalue weighted by Crippen LogP contribution is 2.33. The lowest BCUT2D eigenvalue weighted by atomic mass is 9.90. The van der Waals surface area contributed by atoms with Gasteiger partial charge in [0.1, 0.15) is 5.60 Å². The summed E-state index contributed by atoms with van der Waals surface area (Å²) in [6.45, 7) is 8.80. The zero-order valence-corrected chi connectivity index (χ0v) is 13.9. The lowest BCUT2D eigenvalue weighted by molar-refractivity contribution is 0.00809. The second-order valence-electron chi connectivity index (χ2n) is 6.62. The Hall–Kier alpha value is -1.14. The minimum Gasteiger partial charge on any atom is -0.444 e. The number of nitrogens with zero attached hydrogens (tertiary/aromatic N) is 2. The summed E-state index contributed by atoms with van der Waals surface area (Å²) in [5.41, 5.74) is 0.480. The first-order chi connectivity index (χ1) is 9.76. The van der Waals surface area contributed by atoms with E-state index in [0.29, 0.717) is 13.1 Å². The lowest BCUT2D eigenvalue weighted by Crippen LogP contribution is -2.42. The molecule has 0 aromatic carbocycles. The van der Waals surface area contributed by atoms with Crippen molar-refractivity contribution in [2.24, 2.45) is 5.92 Å². The third-order valence-corrected chi connectivity index (χ3v) is 4.52. The molecule has 1 N–H and O–H groups in total. The molecule has 1 aliphatic heterocycles. The molecule has 1 atom stereocenters. The maximum Gasteiger partial charge on any atom is 0.410 e. The monoisotopic (exact) mass is 312 g/mol. The molecule has 1 unspecified atom stereocenters. The van der Waals surface area contributed by atoms with Crippen LogP contribution >= 0.6 is 11.5 Å². The lowest BCUT2D eigenvalue weighted by Gasteiger charge is -2.34. The van der Waals surface area contributed by atoms with Crippen LogP contribution in [0.5, 0.6) is 0 Å². The average molecular weight is 312 g/mol. The second-order valence-corrected chi connectivity index (χ2v) is 7.46. The molecular weight excluding hydrogens is 288 g/mol. The Balaban J connectivity index is 1.87. The molecular formula is C15H24N2O3S. The van der Waals surface area contributed by atoms with Gasteiger partial charge in [0.05, 0.1) is 16.7 Å².